The Morgan fingerprint density at radius 1 is 1.04 bits per heavy atom. The van der Waals surface area contributed by atoms with E-state index in [0.717, 1.165) is 5.58 Å². The van der Waals surface area contributed by atoms with Crippen molar-refractivity contribution < 1.29 is 4.42 Å². The van der Waals surface area contributed by atoms with Crippen molar-refractivity contribution in [3.05, 3.63) is 52.9 Å². The van der Waals surface area contributed by atoms with E-state index in [1.807, 2.05) is 6.26 Å². The first-order valence-electron chi connectivity index (χ1n) is 10.0. The van der Waals surface area contributed by atoms with Gasteiger partial charge in [0.2, 0.25) is 0 Å². The molecule has 2 aliphatic heterocycles. The van der Waals surface area contributed by atoms with Crippen LogP contribution in [0.15, 0.2) is 34.9 Å². The second-order valence-electron chi connectivity index (χ2n) is 9.79. The van der Waals surface area contributed by atoms with E-state index in [9.17, 15) is 0 Å². The monoisotopic (exact) mass is 362 g/mol. The lowest BCUT2D eigenvalue weighted by molar-refractivity contribution is 0.0654. The number of aromatic nitrogens is 1. The lowest BCUT2D eigenvalue weighted by atomic mass is 9.51. The minimum Gasteiger partial charge on any atom is -0.462 e. The number of hydrogen-bond donors (Lipinski definition) is 0. The standard InChI is InChI=1S/C24H30N2O/c1-14-10-9-11-16-19(14)26-15(2)20-18(21-17(25(20)8)12-13-27-21)24(26,7)23(5,6)22(16,3)4/h9-13,15H,1-8H3/t15-,24?/m0/s1. The first-order valence-corrected chi connectivity index (χ1v) is 10.0. The van der Waals surface area contributed by atoms with Gasteiger partial charge in [0.15, 0.2) is 5.58 Å². The molecule has 5 rings (SSSR count). The van der Waals surface area contributed by atoms with Crippen molar-refractivity contribution in [1.29, 1.82) is 0 Å². The van der Waals surface area contributed by atoms with Crippen LogP contribution in [-0.4, -0.2) is 4.57 Å². The summed E-state index contributed by atoms with van der Waals surface area (Å²) in [6.07, 6.45) is 1.84. The van der Waals surface area contributed by atoms with E-state index in [0.29, 0.717) is 6.04 Å². The first-order chi connectivity index (χ1) is 12.6. The van der Waals surface area contributed by atoms with E-state index in [1.54, 1.807) is 0 Å². The molecule has 2 aliphatic rings. The van der Waals surface area contributed by atoms with Crippen molar-refractivity contribution in [3.63, 3.8) is 0 Å². The summed E-state index contributed by atoms with van der Waals surface area (Å²) in [5, 5.41) is 0. The highest BCUT2D eigenvalue weighted by atomic mass is 16.3. The van der Waals surface area contributed by atoms with Gasteiger partial charge in [-0.25, -0.2) is 0 Å². The third-order valence-electron chi connectivity index (χ3n) is 8.53. The molecule has 3 aromatic rings. The van der Waals surface area contributed by atoms with Crippen LogP contribution in [0.4, 0.5) is 5.69 Å². The number of fused-ring (bicyclic) bond motifs is 7. The zero-order valence-corrected chi connectivity index (χ0v) is 17.8. The summed E-state index contributed by atoms with van der Waals surface area (Å²) in [5.41, 5.74) is 9.14. The van der Waals surface area contributed by atoms with Crippen molar-refractivity contribution in [1.82, 2.24) is 4.57 Å². The summed E-state index contributed by atoms with van der Waals surface area (Å²) in [6.45, 7) is 16.8. The van der Waals surface area contributed by atoms with Gasteiger partial charge in [-0.1, -0.05) is 45.9 Å². The van der Waals surface area contributed by atoms with Crippen LogP contribution in [0.1, 0.15) is 70.0 Å². The molecule has 142 valence electrons. The molecule has 27 heavy (non-hydrogen) atoms. The quantitative estimate of drug-likeness (QED) is 0.475. The molecular weight excluding hydrogens is 332 g/mol. The van der Waals surface area contributed by atoms with E-state index in [-0.39, 0.29) is 16.4 Å². The molecule has 1 aromatic carbocycles. The van der Waals surface area contributed by atoms with Gasteiger partial charge in [-0.2, -0.15) is 0 Å². The minimum absolute atomic E-state index is 0.00137. The number of furan rings is 1. The van der Waals surface area contributed by atoms with E-state index in [2.05, 4.69) is 89.2 Å². The van der Waals surface area contributed by atoms with Crippen molar-refractivity contribution in [2.75, 3.05) is 4.90 Å². The van der Waals surface area contributed by atoms with Gasteiger partial charge in [0.1, 0.15) is 0 Å². The Morgan fingerprint density at radius 3 is 2.44 bits per heavy atom. The Hall–Kier alpha value is -2.16. The van der Waals surface area contributed by atoms with Crippen molar-refractivity contribution in [2.24, 2.45) is 12.5 Å². The van der Waals surface area contributed by atoms with Gasteiger partial charge in [-0.05, 0) is 37.3 Å². The maximum absolute atomic E-state index is 6.08. The maximum atomic E-state index is 6.08. The van der Waals surface area contributed by atoms with Crippen LogP contribution in [0.3, 0.4) is 0 Å². The zero-order chi connectivity index (χ0) is 19.5. The number of aryl methyl sites for hydroxylation is 2. The topological polar surface area (TPSA) is 21.3 Å². The Balaban J connectivity index is 1.97. The molecule has 0 aliphatic carbocycles. The average Bonchev–Trinajstić information content (AvgIpc) is 3.22. The second-order valence-corrected chi connectivity index (χ2v) is 9.79. The van der Waals surface area contributed by atoms with Crippen LogP contribution in [-0.2, 0) is 18.0 Å². The molecule has 1 unspecified atom stereocenters. The molecule has 0 saturated carbocycles. The largest absolute Gasteiger partial charge is 0.462 e. The molecule has 0 bridgehead atoms. The van der Waals surface area contributed by atoms with E-state index in [4.69, 9.17) is 4.42 Å². The van der Waals surface area contributed by atoms with Gasteiger partial charge in [0, 0.05) is 35.5 Å². The van der Waals surface area contributed by atoms with Gasteiger partial charge >= 0.3 is 0 Å². The van der Waals surface area contributed by atoms with Gasteiger partial charge in [0.05, 0.1) is 23.4 Å². The van der Waals surface area contributed by atoms with Crippen LogP contribution in [0, 0.1) is 12.3 Å². The highest BCUT2D eigenvalue weighted by molar-refractivity contribution is 5.86. The van der Waals surface area contributed by atoms with E-state index >= 15 is 0 Å². The molecule has 4 heterocycles. The summed E-state index contributed by atoms with van der Waals surface area (Å²) in [4.78, 5) is 2.69. The van der Waals surface area contributed by atoms with Crippen LogP contribution >= 0.6 is 0 Å². The average molecular weight is 363 g/mol. The Labute approximate surface area is 162 Å². The van der Waals surface area contributed by atoms with Gasteiger partial charge in [-0.15, -0.1) is 0 Å². The third-order valence-corrected chi connectivity index (χ3v) is 8.53. The number of para-hydroxylation sites is 1. The summed E-state index contributed by atoms with van der Waals surface area (Å²) < 4.78 is 8.43. The number of benzene rings is 1. The predicted molar refractivity (Wildman–Crippen MR) is 111 cm³/mol. The summed E-state index contributed by atoms with van der Waals surface area (Å²) in [5.74, 6) is 0. The Bertz CT molecular complexity index is 1100. The highest BCUT2D eigenvalue weighted by Gasteiger charge is 2.65. The molecule has 0 spiro atoms. The molecule has 3 heteroatoms. The lowest BCUT2D eigenvalue weighted by Crippen LogP contribution is -2.62. The van der Waals surface area contributed by atoms with Gasteiger partial charge < -0.3 is 13.9 Å². The highest BCUT2D eigenvalue weighted by Crippen LogP contribution is 2.68. The molecule has 0 fully saturated rings. The molecule has 2 atom stereocenters. The van der Waals surface area contributed by atoms with Gasteiger partial charge in [0.25, 0.3) is 0 Å². The van der Waals surface area contributed by atoms with Crippen LogP contribution in [0.2, 0.25) is 0 Å². The zero-order valence-electron chi connectivity index (χ0n) is 17.8. The fourth-order valence-electron chi connectivity index (χ4n) is 6.22. The number of hydrogen-bond acceptors (Lipinski definition) is 2. The predicted octanol–water partition coefficient (Wildman–Crippen LogP) is 6.19. The van der Waals surface area contributed by atoms with E-state index in [1.165, 1.54) is 33.6 Å². The molecule has 2 aromatic heterocycles. The fraction of sp³-hybridized carbons (Fsp3) is 0.500. The first kappa shape index (κ1) is 17.0. The van der Waals surface area contributed by atoms with Gasteiger partial charge in [-0.3, -0.25) is 0 Å². The number of rotatable bonds is 0. The van der Waals surface area contributed by atoms with Crippen molar-refractivity contribution in [2.45, 2.75) is 65.5 Å². The normalized spacial score (nSPS) is 27.6. The molecular formula is C24H30N2O. The Kier molecular flexibility index (Phi) is 2.91. The van der Waals surface area contributed by atoms with E-state index < -0.39 is 0 Å². The molecule has 0 N–H and O–H groups in total. The molecule has 0 saturated heterocycles. The van der Waals surface area contributed by atoms with Crippen molar-refractivity contribution in [3.8, 4) is 0 Å². The summed E-state index contributed by atoms with van der Waals surface area (Å²) in [6, 6.07) is 9.21. The van der Waals surface area contributed by atoms with Crippen molar-refractivity contribution >= 4 is 16.8 Å². The van der Waals surface area contributed by atoms with Crippen LogP contribution in [0.25, 0.3) is 11.1 Å². The minimum atomic E-state index is -0.151. The van der Waals surface area contributed by atoms with Crippen LogP contribution < -0.4 is 4.90 Å². The lowest BCUT2D eigenvalue weighted by Gasteiger charge is -2.62. The number of anilines is 1. The second kappa shape index (κ2) is 4.63. The third kappa shape index (κ3) is 1.54. The fourth-order valence-corrected chi connectivity index (χ4v) is 6.22. The SMILES string of the molecule is Cc1cccc2c1N1[C@@H](C)c3c(c4occc4n3C)C1(C)C(C)(C)C2(C)C. The maximum Gasteiger partial charge on any atom is 0.157 e. The number of nitrogens with zero attached hydrogens (tertiary/aromatic N) is 2. The van der Waals surface area contributed by atoms with Crippen LogP contribution in [0.5, 0.6) is 0 Å². The molecule has 0 radical (unpaired) electrons. The Morgan fingerprint density at radius 2 is 1.74 bits per heavy atom. The smallest absolute Gasteiger partial charge is 0.157 e. The molecule has 3 nitrogen and oxygen atoms in total. The summed E-state index contributed by atoms with van der Waals surface area (Å²) in [7, 11) is 2.19. The molecule has 0 amide bonds. The summed E-state index contributed by atoms with van der Waals surface area (Å²) >= 11 is 0.